The molecular formula is C28H28N2O4S. The Labute approximate surface area is 205 Å². The molecule has 0 saturated heterocycles. The Kier molecular flexibility index (Phi) is 6.80. The Hall–Kier alpha value is -3.84. The zero-order valence-electron chi connectivity index (χ0n) is 20.0. The zero-order valence-corrected chi connectivity index (χ0v) is 20.9. The second-order valence-electron chi connectivity index (χ2n) is 8.40. The normalized spacial score (nSPS) is 11.4. The summed E-state index contributed by atoms with van der Waals surface area (Å²) in [5, 5.41) is 3.32. The Morgan fingerprint density at radius 1 is 1.06 bits per heavy atom. The maximum atomic E-state index is 13.0. The van der Waals surface area contributed by atoms with Gasteiger partial charge >= 0.3 is 0 Å². The van der Waals surface area contributed by atoms with Gasteiger partial charge in [-0.15, -0.1) is 6.58 Å². The molecule has 6 nitrogen and oxygen atoms in total. The first-order valence-electron chi connectivity index (χ1n) is 11.3. The predicted molar refractivity (Wildman–Crippen MR) is 142 cm³/mol. The van der Waals surface area contributed by atoms with Crippen molar-refractivity contribution in [1.82, 2.24) is 5.32 Å². The fraction of sp³-hybridized carbons (Fsp3) is 0.179. The van der Waals surface area contributed by atoms with E-state index < -0.39 is 10.0 Å². The highest BCUT2D eigenvalue weighted by Gasteiger charge is 2.27. The lowest BCUT2D eigenvalue weighted by atomic mass is 9.98. The van der Waals surface area contributed by atoms with Gasteiger partial charge < -0.3 is 9.73 Å². The maximum Gasteiger partial charge on any atom is 0.255 e. The van der Waals surface area contributed by atoms with Crippen LogP contribution in [-0.4, -0.2) is 34.2 Å². The van der Waals surface area contributed by atoms with E-state index in [4.69, 9.17) is 4.42 Å². The molecule has 35 heavy (non-hydrogen) atoms. The van der Waals surface area contributed by atoms with Crippen LogP contribution in [-0.2, 0) is 10.0 Å². The number of nitrogens with zero attached hydrogens (tertiary/aromatic N) is 1. The predicted octanol–water partition coefficient (Wildman–Crippen LogP) is 5.78. The van der Waals surface area contributed by atoms with E-state index in [1.807, 2.05) is 67.6 Å². The van der Waals surface area contributed by atoms with Crippen molar-refractivity contribution in [3.63, 3.8) is 0 Å². The summed E-state index contributed by atoms with van der Waals surface area (Å²) in [5.41, 5.74) is 4.70. The summed E-state index contributed by atoms with van der Waals surface area (Å²) in [7, 11) is -2.03. The molecule has 0 unspecified atom stereocenters. The van der Waals surface area contributed by atoms with Gasteiger partial charge in [-0.2, -0.15) is 0 Å². The molecule has 0 bridgehead atoms. The molecule has 0 radical (unpaired) electrons. The molecule has 0 fully saturated rings. The summed E-state index contributed by atoms with van der Waals surface area (Å²) in [6, 6.07) is 20.8. The lowest BCUT2D eigenvalue weighted by molar-refractivity contribution is 0.0964. The van der Waals surface area contributed by atoms with Crippen molar-refractivity contribution in [2.24, 2.45) is 0 Å². The topological polar surface area (TPSA) is 79.6 Å². The van der Waals surface area contributed by atoms with E-state index in [2.05, 4.69) is 11.9 Å². The standard InChI is InChI=1S/C28H28N2O4S/c1-5-6-16-30(35(4,32)33)24-18-25-23(17-22(24)20-10-8-7-9-11-20)26(28(31)29-3)27(34-25)21-14-12-19(2)13-15-21/h5,7-15,17-18H,1,6,16H2,2-4H3,(H,29,31). The lowest BCUT2D eigenvalue weighted by Crippen LogP contribution is -2.31. The van der Waals surface area contributed by atoms with E-state index in [9.17, 15) is 13.2 Å². The minimum atomic E-state index is -3.61. The monoisotopic (exact) mass is 488 g/mol. The third-order valence-corrected chi connectivity index (χ3v) is 7.04. The van der Waals surface area contributed by atoms with Crippen LogP contribution in [0.1, 0.15) is 22.3 Å². The molecule has 1 amide bonds. The third kappa shape index (κ3) is 4.86. The quantitative estimate of drug-likeness (QED) is 0.319. The number of sulfonamides is 1. The first-order chi connectivity index (χ1) is 16.7. The first kappa shape index (κ1) is 24.3. The highest BCUT2D eigenvalue weighted by molar-refractivity contribution is 7.92. The van der Waals surface area contributed by atoms with Crippen molar-refractivity contribution >= 4 is 32.6 Å². The van der Waals surface area contributed by atoms with Crippen molar-refractivity contribution < 1.29 is 17.6 Å². The van der Waals surface area contributed by atoms with Crippen LogP contribution in [0.2, 0.25) is 0 Å². The van der Waals surface area contributed by atoms with Crippen LogP contribution in [0.25, 0.3) is 33.4 Å². The van der Waals surface area contributed by atoms with Crippen LogP contribution in [0, 0.1) is 6.92 Å². The van der Waals surface area contributed by atoms with Gasteiger partial charge in [0.25, 0.3) is 5.91 Å². The molecule has 1 N–H and O–H groups in total. The molecule has 0 aliphatic heterocycles. The van der Waals surface area contributed by atoms with Crippen LogP contribution in [0.15, 0.2) is 83.8 Å². The maximum absolute atomic E-state index is 13.0. The summed E-state index contributed by atoms with van der Waals surface area (Å²) in [6.07, 6.45) is 3.35. The molecule has 1 aromatic heterocycles. The number of furan rings is 1. The van der Waals surface area contributed by atoms with Gasteiger partial charge in [-0.3, -0.25) is 9.10 Å². The number of amides is 1. The smallest absolute Gasteiger partial charge is 0.255 e. The van der Waals surface area contributed by atoms with Gasteiger partial charge in [-0.25, -0.2) is 8.42 Å². The number of hydrogen-bond acceptors (Lipinski definition) is 4. The second-order valence-corrected chi connectivity index (χ2v) is 10.3. The summed E-state index contributed by atoms with van der Waals surface area (Å²) >= 11 is 0. The average Bonchev–Trinajstić information content (AvgIpc) is 3.22. The molecule has 0 aliphatic carbocycles. The summed E-state index contributed by atoms with van der Waals surface area (Å²) in [5.74, 6) is 0.158. The fourth-order valence-corrected chi connectivity index (χ4v) is 5.06. The van der Waals surface area contributed by atoms with Crippen LogP contribution in [0.3, 0.4) is 0 Å². The molecule has 3 aromatic carbocycles. The van der Waals surface area contributed by atoms with Crippen LogP contribution < -0.4 is 9.62 Å². The van der Waals surface area contributed by atoms with Crippen LogP contribution in [0.4, 0.5) is 5.69 Å². The van der Waals surface area contributed by atoms with Crippen molar-refractivity contribution in [2.75, 3.05) is 24.2 Å². The Balaban J connectivity index is 2.07. The highest BCUT2D eigenvalue weighted by atomic mass is 32.2. The minimum absolute atomic E-state index is 0.238. The van der Waals surface area contributed by atoms with Gasteiger partial charge in [0.1, 0.15) is 11.3 Å². The van der Waals surface area contributed by atoms with Crippen LogP contribution >= 0.6 is 0 Å². The number of carbonyl (C=O) groups is 1. The number of fused-ring (bicyclic) bond motifs is 1. The van der Waals surface area contributed by atoms with Gasteiger partial charge in [-0.1, -0.05) is 66.2 Å². The van der Waals surface area contributed by atoms with Gasteiger partial charge in [0.05, 0.1) is 17.5 Å². The molecule has 1 heterocycles. The van der Waals surface area contributed by atoms with E-state index in [0.717, 1.165) is 16.7 Å². The van der Waals surface area contributed by atoms with Gasteiger partial charge in [0.2, 0.25) is 10.0 Å². The first-order valence-corrected chi connectivity index (χ1v) is 13.1. The Bertz CT molecular complexity index is 1490. The summed E-state index contributed by atoms with van der Waals surface area (Å²) < 4.78 is 33.3. The largest absolute Gasteiger partial charge is 0.455 e. The number of nitrogens with one attached hydrogen (secondary N) is 1. The number of carbonyl (C=O) groups excluding carboxylic acids is 1. The van der Waals surface area contributed by atoms with E-state index in [1.54, 1.807) is 19.2 Å². The number of rotatable bonds is 8. The molecule has 0 aliphatic rings. The molecule has 180 valence electrons. The molecule has 0 atom stereocenters. The van der Waals surface area contributed by atoms with Crippen molar-refractivity contribution in [2.45, 2.75) is 13.3 Å². The lowest BCUT2D eigenvalue weighted by Gasteiger charge is -2.25. The number of anilines is 1. The SMILES string of the molecule is C=CCCN(c1cc2oc(-c3ccc(C)cc3)c(C(=O)NC)c2cc1-c1ccccc1)S(C)(=O)=O. The molecular weight excluding hydrogens is 460 g/mol. The summed E-state index contributed by atoms with van der Waals surface area (Å²) in [4.78, 5) is 13.0. The molecule has 4 rings (SSSR count). The van der Waals surface area contributed by atoms with E-state index in [1.165, 1.54) is 10.6 Å². The third-order valence-electron chi connectivity index (χ3n) is 5.86. The van der Waals surface area contributed by atoms with Gasteiger partial charge in [0.15, 0.2) is 0 Å². The average molecular weight is 489 g/mol. The van der Waals surface area contributed by atoms with E-state index in [-0.39, 0.29) is 12.5 Å². The van der Waals surface area contributed by atoms with Gasteiger partial charge in [-0.05, 0) is 25.0 Å². The fourth-order valence-electron chi connectivity index (χ4n) is 4.12. The zero-order chi connectivity index (χ0) is 25.2. The summed E-state index contributed by atoms with van der Waals surface area (Å²) in [6.45, 7) is 5.97. The van der Waals surface area contributed by atoms with Gasteiger partial charge in [0, 0.05) is 36.2 Å². The van der Waals surface area contributed by atoms with E-state index >= 15 is 0 Å². The number of aryl methyl sites for hydroxylation is 1. The van der Waals surface area contributed by atoms with Crippen molar-refractivity contribution in [1.29, 1.82) is 0 Å². The second kappa shape index (κ2) is 9.80. The van der Waals surface area contributed by atoms with Crippen molar-refractivity contribution in [3.8, 4) is 22.5 Å². The molecule has 0 saturated carbocycles. The van der Waals surface area contributed by atoms with Crippen molar-refractivity contribution in [3.05, 3.63) is 90.5 Å². The minimum Gasteiger partial charge on any atom is -0.455 e. The Morgan fingerprint density at radius 3 is 2.34 bits per heavy atom. The number of hydrogen-bond donors (Lipinski definition) is 1. The molecule has 4 aromatic rings. The highest BCUT2D eigenvalue weighted by Crippen LogP contribution is 2.41. The van der Waals surface area contributed by atoms with E-state index in [0.29, 0.717) is 40.0 Å². The Morgan fingerprint density at radius 2 is 1.74 bits per heavy atom. The number of benzene rings is 3. The molecule has 0 spiro atoms. The molecule has 7 heteroatoms. The van der Waals surface area contributed by atoms with Crippen LogP contribution in [0.5, 0.6) is 0 Å².